The number of rotatable bonds is 4. The molecule has 7 nitrogen and oxygen atoms in total. The summed E-state index contributed by atoms with van der Waals surface area (Å²) < 4.78 is 41.0. The highest BCUT2D eigenvalue weighted by Gasteiger charge is 2.13. The number of hydrogen-bond donors (Lipinski definition) is 2. The normalized spacial score (nSPS) is 11.1. The fourth-order valence-electron chi connectivity index (χ4n) is 1.46. The maximum Gasteiger partial charge on any atom is 0.337 e. The maximum atomic E-state index is 13.7. The summed E-state index contributed by atoms with van der Waals surface area (Å²) in [5.41, 5.74) is -0.130. The van der Waals surface area contributed by atoms with Crippen molar-refractivity contribution in [3.05, 3.63) is 48.0 Å². The highest BCUT2D eigenvalue weighted by molar-refractivity contribution is 7.89. The summed E-state index contributed by atoms with van der Waals surface area (Å²) in [5.74, 6) is -2.45. The van der Waals surface area contributed by atoms with Gasteiger partial charge in [0.25, 0.3) is 0 Å². The summed E-state index contributed by atoms with van der Waals surface area (Å²) in [6.07, 6.45) is 2.30. The van der Waals surface area contributed by atoms with E-state index < -0.39 is 26.7 Å². The Bertz CT molecular complexity index is 807. The van der Waals surface area contributed by atoms with E-state index >= 15 is 0 Å². The summed E-state index contributed by atoms with van der Waals surface area (Å²) >= 11 is 0. The van der Waals surface area contributed by atoms with Crippen molar-refractivity contribution in [2.45, 2.75) is 4.90 Å². The molecule has 0 fully saturated rings. The molecule has 0 saturated heterocycles. The van der Waals surface area contributed by atoms with Gasteiger partial charge < -0.3 is 9.84 Å². The van der Waals surface area contributed by atoms with E-state index in [1.807, 2.05) is 0 Å². The molecule has 1 heterocycles. The van der Waals surface area contributed by atoms with E-state index in [2.05, 4.69) is 4.98 Å². The molecule has 0 radical (unpaired) electrons. The molecule has 2 rings (SSSR count). The number of halogens is 1. The van der Waals surface area contributed by atoms with Gasteiger partial charge in [-0.15, -0.1) is 0 Å². The van der Waals surface area contributed by atoms with Crippen molar-refractivity contribution >= 4 is 16.0 Å². The highest BCUT2D eigenvalue weighted by atomic mass is 32.2. The third kappa shape index (κ3) is 3.52. The van der Waals surface area contributed by atoms with E-state index in [0.29, 0.717) is 6.07 Å². The van der Waals surface area contributed by atoms with Crippen molar-refractivity contribution in [2.24, 2.45) is 5.14 Å². The lowest BCUT2D eigenvalue weighted by molar-refractivity contribution is 0.0696. The number of nitrogens with zero attached hydrogens (tertiary/aromatic N) is 1. The number of hydrogen-bond acceptors (Lipinski definition) is 5. The van der Waals surface area contributed by atoms with E-state index in [1.165, 1.54) is 6.20 Å². The van der Waals surface area contributed by atoms with Gasteiger partial charge in [0, 0.05) is 6.20 Å². The number of carboxylic acids is 1. The fourth-order valence-corrected chi connectivity index (χ4v) is 1.99. The van der Waals surface area contributed by atoms with Gasteiger partial charge in [0.05, 0.1) is 16.7 Å². The van der Waals surface area contributed by atoms with Crippen LogP contribution in [0.3, 0.4) is 0 Å². The van der Waals surface area contributed by atoms with Crippen LogP contribution in [0.2, 0.25) is 0 Å². The fraction of sp³-hybridized carbons (Fsp3) is 0. The zero-order valence-corrected chi connectivity index (χ0v) is 11.2. The number of aromatic nitrogens is 1. The van der Waals surface area contributed by atoms with Gasteiger partial charge in [0.2, 0.25) is 10.0 Å². The van der Waals surface area contributed by atoms with Crippen LogP contribution in [0.4, 0.5) is 4.39 Å². The van der Waals surface area contributed by atoms with E-state index in [0.717, 1.165) is 24.4 Å². The number of ether oxygens (including phenoxy) is 1. The van der Waals surface area contributed by atoms with Crippen LogP contribution in [0.5, 0.6) is 11.5 Å². The van der Waals surface area contributed by atoms with Crippen LogP contribution < -0.4 is 9.88 Å². The Labute approximate surface area is 118 Å². The Hall–Kier alpha value is -2.52. The molecule has 0 unspecified atom stereocenters. The monoisotopic (exact) mass is 312 g/mol. The number of nitrogens with two attached hydrogens (primary N) is 1. The van der Waals surface area contributed by atoms with E-state index in [9.17, 15) is 17.6 Å². The second-order valence-corrected chi connectivity index (χ2v) is 5.52. The highest BCUT2D eigenvalue weighted by Crippen LogP contribution is 2.26. The molecule has 2 aromatic rings. The number of carbonyl (C=O) groups is 1. The van der Waals surface area contributed by atoms with Crippen molar-refractivity contribution in [1.29, 1.82) is 0 Å². The summed E-state index contributed by atoms with van der Waals surface area (Å²) in [6.45, 7) is 0. The zero-order valence-electron chi connectivity index (χ0n) is 10.4. The van der Waals surface area contributed by atoms with Gasteiger partial charge in [-0.1, -0.05) is 0 Å². The van der Waals surface area contributed by atoms with E-state index in [1.54, 1.807) is 0 Å². The van der Waals surface area contributed by atoms with Crippen LogP contribution in [0, 0.1) is 5.82 Å². The van der Waals surface area contributed by atoms with Crippen LogP contribution in [0.25, 0.3) is 0 Å². The number of sulfonamides is 1. The number of benzene rings is 1. The zero-order chi connectivity index (χ0) is 15.6. The van der Waals surface area contributed by atoms with Crippen molar-refractivity contribution < 1.29 is 27.4 Å². The molecule has 0 spiro atoms. The lowest BCUT2D eigenvalue weighted by Gasteiger charge is -2.08. The van der Waals surface area contributed by atoms with Crippen molar-refractivity contribution in [1.82, 2.24) is 4.98 Å². The average Bonchev–Trinajstić information content (AvgIpc) is 2.40. The summed E-state index contributed by atoms with van der Waals surface area (Å²) in [7, 11) is -4.02. The predicted octanol–water partition coefficient (Wildman–Crippen LogP) is 1.36. The average molecular weight is 312 g/mol. The molecule has 0 aliphatic carbocycles. The summed E-state index contributed by atoms with van der Waals surface area (Å²) in [4.78, 5) is 14.0. The molecule has 21 heavy (non-hydrogen) atoms. The molecular formula is C12H9FN2O5S. The molecule has 110 valence electrons. The molecule has 0 amide bonds. The molecule has 0 atom stereocenters. The maximum absolute atomic E-state index is 13.7. The topological polar surface area (TPSA) is 120 Å². The molecule has 9 heteroatoms. The van der Waals surface area contributed by atoms with Gasteiger partial charge in [0.15, 0.2) is 11.6 Å². The van der Waals surface area contributed by atoms with Gasteiger partial charge in [-0.3, -0.25) is 4.98 Å². The number of carboxylic acid groups (broad SMARTS) is 1. The van der Waals surface area contributed by atoms with Crippen molar-refractivity contribution in [3.63, 3.8) is 0 Å². The predicted molar refractivity (Wildman–Crippen MR) is 69.0 cm³/mol. The molecule has 1 aromatic carbocycles. The largest absolute Gasteiger partial charge is 0.478 e. The molecule has 0 bridgehead atoms. The first kappa shape index (κ1) is 14.9. The molecule has 1 aromatic heterocycles. The van der Waals surface area contributed by atoms with Crippen LogP contribution in [0.1, 0.15) is 10.4 Å². The van der Waals surface area contributed by atoms with E-state index in [4.69, 9.17) is 15.0 Å². The minimum absolute atomic E-state index is 0.00263. The van der Waals surface area contributed by atoms with Crippen LogP contribution in [-0.2, 0) is 10.0 Å². The van der Waals surface area contributed by atoms with Gasteiger partial charge in [-0.05, 0) is 24.3 Å². The smallest absolute Gasteiger partial charge is 0.337 e. The van der Waals surface area contributed by atoms with E-state index in [-0.39, 0.29) is 17.1 Å². The number of aromatic carboxylic acids is 1. The second-order valence-electron chi connectivity index (χ2n) is 3.95. The Balaban J connectivity index is 2.32. The Kier molecular flexibility index (Phi) is 3.87. The minimum Gasteiger partial charge on any atom is -0.478 e. The van der Waals surface area contributed by atoms with Gasteiger partial charge >= 0.3 is 5.97 Å². The molecule has 0 aliphatic rings. The van der Waals surface area contributed by atoms with Crippen LogP contribution in [0.15, 0.2) is 41.6 Å². The quantitative estimate of drug-likeness (QED) is 0.879. The summed E-state index contributed by atoms with van der Waals surface area (Å²) in [5, 5.41) is 13.7. The van der Waals surface area contributed by atoms with Crippen LogP contribution >= 0.6 is 0 Å². The van der Waals surface area contributed by atoms with Crippen molar-refractivity contribution in [2.75, 3.05) is 0 Å². The number of primary sulfonamides is 1. The molecular weight excluding hydrogens is 303 g/mol. The van der Waals surface area contributed by atoms with Crippen LogP contribution in [-0.4, -0.2) is 24.5 Å². The molecule has 3 N–H and O–H groups in total. The lowest BCUT2D eigenvalue weighted by atomic mass is 10.3. The molecule has 0 saturated carbocycles. The first-order valence-corrected chi connectivity index (χ1v) is 7.00. The number of pyridine rings is 1. The van der Waals surface area contributed by atoms with Gasteiger partial charge in [-0.2, -0.15) is 0 Å². The Morgan fingerprint density at radius 3 is 2.57 bits per heavy atom. The second kappa shape index (κ2) is 5.46. The third-order valence-electron chi connectivity index (χ3n) is 2.42. The lowest BCUT2D eigenvalue weighted by Crippen LogP contribution is -2.12. The first-order chi connectivity index (χ1) is 9.77. The van der Waals surface area contributed by atoms with Crippen molar-refractivity contribution in [3.8, 4) is 11.5 Å². The summed E-state index contributed by atoms with van der Waals surface area (Å²) in [6, 6.07) is 4.01. The van der Waals surface area contributed by atoms with Gasteiger partial charge in [-0.25, -0.2) is 22.7 Å². The van der Waals surface area contributed by atoms with Gasteiger partial charge in [0.1, 0.15) is 5.75 Å². The third-order valence-corrected chi connectivity index (χ3v) is 3.33. The standard InChI is InChI=1S/C12H9FN2O5S/c13-10-4-9(21(14,18)19)1-2-11(10)20-8-3-7(12(16)17)5-15-6-8/h1-6H,(H,16,17)(H2,14,18,19). The first-order valence-electron chi connectivity index (χ1n) is 5.46. The Morgan fingerprint density at radius 1 is 1.29 bits per heavy atom. The Morgan fingerprint density at radius 2 is 2.00 bits per heavy atom. The molecule has 0 aliphatic heterocycles. The SMILES string of the molecule is NS(=O)(=O)c1ccc(Oc2cncc(C(=O)O)c2)c(F)c1. The minimum atomic E-state index is -4.02.